The van der Waals surface area contributed by atoms with E-state index in [-0.39, 0.29) is 23.2 Å². The summed E-state index contributed by atoms with van der Waals surface area (Å²) in [4.78, 5) is 10.2. The van der Waals surface area contributed by atoms with Gasteiger partial charge < -0.3 is 5.32 Å². The standard InChI is InChI=1S/C9H14F2N4O2/c1-5(2)14-9(12-4-7(10)11)8(15(16)17)6(3)13-14/h5,7,12H,4H2,1-3H3. The van der Waals surface area contributed by atoms with Crippen LogP contribution in [0.25, 0.3) is 0 Å². The molecular weight excluding hydrogens is 234 g/mol. The molecule has 0 saturated carbocycles. The second kappa shape index (κ2) is 5.07. The van der Waals surface area contributed by atoms with E-state index in [0.717, 1.165) is 0 Å². The van der Waals surface area contributed by atoms with Crippen molar-refractivity contribution in [3.8, 4) is 0 Å². The summed E-state index contributed by atoms with van der Waals surface area (Å²) in [5.41, 5.74) is -0.0418. The first-order chi connectivity index (χ1) is 7.84. The molecule has 1 aromatic heterocycles. The predicted octanol–water partition coefficient (Wildman–Crippen LogP) is 2.36. The highest BCUT2D eigenvalue weighted by Gasteiger charge is 2.26. The quantitative estimate of drug-likeness (QED) is 0.641. The minimum atomic E-state index is -2.58. The summed E-state index contributed by atoms with van der Waals surface area (Å²) in [6.07, 6.45) is -2.58. The van der Waals surface area contributed by atoms with E-state index >= 15 is 0 Å². The zero-order valence-corrected chi connectivity index (χ0v) is 9.78. The molecule has 1 aromatic rings. The number of hydrogen-bond donors (Lipinski definition) is 1. The summed E-state index contributed by atoms with van der Waals surface area (Å²) in [6, 6.07) is -0.150. The lowest BCUT2D eigenvalue weighted by Gasteiger charge is -2.11. The first kappa shape index (κ1) is 13.3. The van der Waals surface area contributed by atoms with Crippen molar-refractivity contribution in [2.24, 2.45) is 0 Å². The minimum Gasteiger partial charge on any atom is -0.359 e. The average Bonchev–Trinajstić information content (AvgIpc) is 2.52. The number of aromatic nitrogens is 2. The fourth-order valence-electron chi connectivity index (χ4n) is 1.47. The summed E-state index contributed by atoms with van der Waals surface area (Å²) in [5.74, 6) is 0.0304. The van der Waals surface area contributed by atoms with Crippen molar-refractivity contribution in [1.29, 1.82) is 0 Å². The molecule has 1 N–H and O–H groups in total. The summed E-state index contributed by atoms with van der Waals surface area (Å²) < 4.78 is 25.6. The molecule has 0 radical (unpaired) electrons. The van der Waals surface area contributed by atoms with Crippen molar-refractivity contribution in [3.05, 3.63) is 15.8 Å². The van der Waals surface area contributed by atoms with Gasteiger partial charge >= 0.3 is 5.69 Å². The number of nitro groups is 1. The zero-order chi connectivity index (χ0) is 13.2. The molecule has 0 aliphatic heterocycles. The topological polar surface area (TPSA) is 73.0 Å². The number of nitrogens with one attached hydrogen (secondary N) is 1. The van der Waals surface area contributed by atoms with Gasteiger partial charge in [0.2, 0.25) is 5.82 Å². The molecule has 0 spiro atoms. The van der Waals surface area contributed by atoms with Gasteiger partial charge in [-0.2, -0.15) is 5.10 Å². The van der Waals surface area contributed by atoms with Crippen LogP contribution in [-0.2, 0) is 0 Å². The Labute approximate surface area is 96.8 Å². The molecule has 8 heteroatoms. The number of nitrogens with zero attached hydrogens (tertiary/aromatic N) is 3. The van der Waals surface area contributed by atoms with Gasteiger partial charge in [-0.05, 0) is 20.8 Å². The second-order valence-corrected chi connectivity index (χ2v) is 3.85. The third-order valence-electron chi connectivity index (χ3n) is 2.15. The maximum Gasteiger partial charge on any atom is 0.333 e. The summed E-state index contributed by atoms with van der Waals surface area (Å²) in [5, 5.41) is 17.2. The molecule has 1 rings (SSSR count). The highest BCUT2D eigenvalue weighted by molar-refractivity contribution is 5.59. The van der Waals surface area contributed by atoms with Gasteiger partial charge in [-0.1, -0.05) is 0 Å². The van der Waals surface area contributed by atoms with E-state index in [2.05, 4.69) is 10.4 Å². The molecule has 0 atom stereocenters. The van der Waals surface area contributed by atoms with Crippen molar-refractivity contribution in [2.45, 2.75) is 33.2 Å². The van der Waals surface area contributed by atoms with Gasteiger partial charge in [0, 0.05) is 6.04 Å². The van der Waals surface area contributed by atoms with Crippen LogP contribution >= 0.6 is 0 Å². The van der Waals surface area contributed by atoms with Gasteiger partial charge in [0.15, 0.2) is 0 Å². The normalized spacial score (nSPS) is 11.2. The molecule has 0 aromatic carbocycles. The molecule has 0 aliphatic carbocycles. The van der Waals surface area contributed by atoms with Gasteiger partial charge in [0.1, 0.15) is 5.69 Å². The average molecular weight is 248 g/mol. The van der Waals surface area contributed by atoms with E-state index in [0.29, 0.717) is 0 Å². The van der Waals surface area contributed by atoms with Crippen LogP contribution in [-0.4, -0.2) is 27.7 Å². The molecular formula is C9H14F2N4O2. The van der Waals surface area contributed by atoms with Gasteiger partial charge in [-0.25, -0.2) is 13.5 Å². The Balaban J connectivity index is 3.16. The molecule has 96 valence electrons. The minimum absolute atomic E-state index is 0.0304. The molecule has 17 heavy (non-hydrogen) atoms. The summed E-state index contributed by atoms with van der Waals surface area (Å²) in [6.45, 7) is 4.37. The van der Waals surface area contributed by atoms with E-state index < -0.39 is 17.9 Å². The molecule has 1 heterocycles. The van der Waals surface area contributed by atoms with Crippen LogP contribution in [0.2, 0.25) is 0 Å². The van der Waals surface area contributed by atoms with Crippen molar-refractivity contribution >= 4 is 11.5 Å². The van der Waals surface area contributed by atoms with E-state index in [9.17, 15) is 18.9 Å². The summed E-state index contributed by atoms with van der Waals surface area (Å²) >= 11 is 0. The Kier molecular flexibility index (Phi) is 3.97. The van der Waals surface area contributed by atoms with Gasteiger partial charge in [0.05, 0.1) is 11.5 Å². The molecule has 6 nitrogen and oxygen atoms in total. The van der Waals surface area contributed by atoms with Gasteiger partial charge in [0.25, 0.3) is 6.43 Å². The number of halogens is 2. The van der Waals surface area contributed by atoms with Crippen LogP contribution in [0.4, 0.5) is 20.3 Å². The largest absolute Gasteiger partial charge is 0.359 e. The molecule has 0 saturated heterocycles. The Hall–Kier alpha value is -1.73. The number of hydrogen-bond acceptors (Lipinski definition) is 4. The Morgan fingerprint density at radius 1 is 1.53 bits per heavy atom. The third-order valence-corrected chi connectivity index (χ3v) is 2.15. The fourth-order valence-corrected chi connectivity index (χ4v) is 1.47. The van der Waals surface area contributed by atoms with Crippen LogP contribution in [0.3, 0.4) is 0 Å². The molecule has 0 bridgehead atoms. The monoisotopic (exact) mass is 248 g/mol. The molecule has 0 unspecified atom stereocenters. The maximum atomic E-state index is 12.1. The van der Waals surface area contributed by atoms with E-state index in [1.807, 2.05) is 0 Å². The van der Waals surface area contributed by atoms with Crippen LogP contribution in [0.1, 0.15) is 25.6 Å². The molecule has 0 amide bonds. The first-order valence-corrected chi connectivity index (χ1v) is 5.10. The van der Waals surface area contributed by atoms with Crippen molar-refractivity contribution in [1.82, 2.24) is 9.78 Å². The zero-order valence-electron chi connectivity index (χ0n) is 9.78. The Morgan fingerprint density at radius 3 is 2.53 bits per heavy atom. The van der Waals surface area contributed by atoms with Crippen molar-refractivity contribution < 1.29 is 13.7 Å². The van der Waals surface area contributed by atoms with Gasteiger partial charge in [-0.3, -0.25) is 10.1 Å². The van der Waals surface area contributed by atoms with E-state index in [1.165, 1.54) is 11.6 Å². The Bertz CT molecular complexity index is 417. The number of aryl methyl sites for hydroxylation is 1. The maximum absolute atomic E-state index is 12.1. The fraction of sp³-hybridized carbons (Fsp3) is 0.667. The van der Waals surface area contributed by atoms with Crippen LogP contribution in [0.5, 0.6) is 0 Å². The number of alkyl halides is 2. The predicted molar refractivity (Wildman–Crippen MR) is 58.5 cm³/mol. The molecule has 0 fully saturated rings. The lowest BCUT2D eigenvalue weighted by molar-refractivity contribution is -0.384. The lowest BCUT2D eigenvalue weighted by Crippen LogP contribution is -2.16. The van der Waals surface area contributed by atoms with Crippen LogP contribution < -0.4 is 5.32 Å². The van der Waals surface area contributed by atoms with Crippen LogP contribution in [0, 0.1) is 17.0 Å². The third kappa shape index (κ3) is 2.89. The summed E-state index contributed by atoms with van der Waals surface area (Å²) in [7, 11) is 0. The second-order valence-electron chi connectivity index (χ2n) is 3.85. The highest BCUT2D eigenvalue weighted by Crippen LogP contribution is 2.30. The molecule has 0 aliphatic rings. The van der Waals surface area contributed by atoms with Crippen molar-refractivity contribution in [2.75, 3.05) is 11.9 Å². The smallest absolute Gasteiger partial charge is 0.333 e. The first-order valence-electron chi connectivity index (χ1n) is 5.10. The van der Waals surface area contributed by atoms with E-state index in [4.69, 9.17) is 0 Å². The number of anilines is 1. The SMILES string of the molecule is Cc1nn(C(C)C)c(NCC(F)F)c1[N+](=O)[O-]. The lowest BCUT2D eigenvalue weighted by atomic mass is 10.3. The van der Waals surface area contributed by atoms with Gasteiger partial charge in [-0.15, -0.1) is 0 Å². The number of rotatable bonds is 5. The van der Waals surface area contributed by atoms with Crippen LogP contribution in [0.15, 0.2) is 0 Å². The van der Waals surface area contributed by atoms with Crippen molar-refractivity contribution in [3.63, 3.8) is 0 Å². The highest BCUT2D eigenvalue weighted by atomic mass is 19.3. The van der Waals surface area contributed by atoms with E-state index in [1.54, 1.807) is 13.8 Å². The Morgan fingerprint density at radius 2 is 2.12 bits per heavy atom.